The molecule has 1 spiro atoms. The molecule has 0 saturated carbocycles. The Bertz CT molecular complexity index is 2720. The summed E-state index contributed by atoms with van der Waals surface area (Å²) in [6, 6.07) is 62.8. The SMILES string of the molecule is CC1(C)c2ccccc2-c2ccc(-c3ccccc3-c3cc4c(c5ccccc35)Oc3ccccc3C43c4ccccc4-c4ccccc43)cc21. The molecule has 0 aromatic heterocycles. The zero-order valence-corrected chi connectivity index (χ0v) is 28.6. The van der Waals surface area contributed by atoms with Gasteiger partial charge in [-0.3, -0.25) is 0 Å². The molecule has 11 rings (SSSR count). The highest BCUT2D eigenvalue weighted by Crippen LogP contribution is 2.63. The van der Waals surface area contributed by atoms with Gasteiger partial charge >= 0.3 is 0 Å². The maximum absolute atomic E-state index is 7.02. The van der Waals surface area contributed by atoms with E-state index in [1.54, 1.807) is 0 Å². The Balaban J connectivity index is 1.21. The van der Waals surface area contributed by atoms with Crippen molar-refractivity contribution in [2.45, 2.75) is 24.7 Å². The molecule has 1 heterocycles. The van der Waals surface area contributed by atoms with Crippen LogP contribution in [0, 0.1) is 0 Å². The Morgan fingerprint density at radius 3 is 1.57 bits per heavy atom. The summed E-state index contributed by atoms with van der Waals surface area (Å²) in [5, 5.41) is 2.31. The topological polar surface area (TPSA) is 9.23 Å². The third-order valence-corrected chi connectivity index (χ3v) is 12.0. The van der Waals surface area contributed by atoms with Crippen LogP contribution in [0.3, 0.4) is 0 Å². The van der Waals surface area contributed by atoms with Crippen LogP contribution in [0.15, 0.2) is 170 Å². The van der Waals surface area contributed by atoms with E-state index in [4.69, 9.17) is 4.74 Å². The van der Waals surface area contributed by atoms with Crippen molar-refractivity contribution in [3.8, 4) is 56.0 Å². The zero-order chi connectivity index (χ0) is 33.9. The van der Waals surface area contributed by atoms with Crippen molar-refractivity contribution in [2.75, 3.05) is 0 Å². The molecule has 0 unspecified atom stereocenters. The number of rotatable bonds is 2. The van der Waals surface area contributed by atoms with Gasteiger partial charge in [-0.15, -0.1) is 0 Å². The van der Waals surface area contributed by atoms with Crippen LogP contribution in [0.25, 0.3) is 55.3 Å². The molecule has 1 heteroatoms. The Kier molecular flexibility index (Phi) is 5.72. The predicted molar refractivity (Wildman–Crippen MR) is 210 cm³/mol. The van der Waals surface area contributed by atoms with Crippen molar-refractivity contribution >= 4 is 10.8 Å². The van der Waals surface area contributed by atoms with Gasteiger partial charge in [0.25, 0.3) is 0 Å². The van der Waals surface area contributed by atoms with E-state index in [9.17, 15) is 0 Å². The minimum absolute atomic E-state index is 0.0736. The van der Waals surface area contributed by atoms with Gasteiger partial charge in [0.15, 0.2) is 0 Å². The lowest BCUT2D eigenvalue weighted by Crippen LogP contribution is -2.32. The summed E-state index contributed by atoms with van der Waals surface area (Å²) in [6.45, 7) is 4.72. The maximum Gasteiger partial charge on any atom is 0.140 e. The van der Waals surface area contributed by atoms with E-state index in [2.05, 4.69) is 184 Å². The summed E-state index contributed by atoms with van der Waals surface area (Å²) >= 11 is 0. The predicted octanol–water partition coefficient (Wildman–Crippen LogP) is 12.9. The molecule has 0 atom stereocenters. The Labute approximate surface area is 298 Å². The molecule has 3 aliphatic rings. The minimum atomic E-state index is -0.533. The fourth-order valence-electron chi connectivity index (χ4n) is 9.74. The van der Waals surface area contributed by atoms with E-state index >= 15 is 0 Å². The number of benzene rings is 8. The molecule has 8 aromatic rings. The first-order chi connectivity index (χ1) is 25.1. The summed E-state index contributed by atoms with van der Waals surface area (Å²) in [5.41, 5.74) is 17.3. The highest BCUT2D eigenvalue weighted by Gasteiger charge is 2.51. The number of hydrogen-bond donors (Lipinski definition) is 0. The molecule has 51 heavy (non-hydrogen) atoms. The lowest BCUT2D eigenvalue weighted by atomic mass is 9.65. The third-order valence-electron chi connectivity index (χ3n) is 12.0. The summed E-state index contributed by atoms with van der Waals surface area (Å²) in [6.07, 6.45) is 0. The van der Waals surface area contributed by atoms with Gasteiger partial charge in [-0.1, -0.05) is 166 Å². The second-order valence-corrected chi connectivity index (χ2v) is 14.8. The average molecular weight is 651 g/mol. The van der Waals surface area contributed by atoms with Crippen molar-refractivity contribution in [3.05, 3.63) is 203 Å². The molecule has 0 amide bonds. The van der Waals surface area contributed by atoms with Crippen LogP contribution in [-0.2, 0) is 10.8 Å². The quantitative estimate of drug-likeness (QED) is 0.181. The molecule has 0 N–H and O–H groups in total. The van der Waals surface area contributed by atoms with Crippen molar-refractivity contribution in [1.29, 1.82) is 0 Å². The molecule has 0 bridgehead atoms. The van der Waals surface area contributed by atoms with Gasteiger partial charge < -0.3 is 4.74 Å². The number of hydrogen-bond acceptors (Lipinski definition) is 1. The second-order valence-electron chi connectivity index (χ2n) is 14.8. The van der Waals surface area contributed by atoms with E-state index in [-0.39, 0.29) is 5.41 Å². The molecular formula is C50H34O. The van der Waals surface area contributed by atoms with Crippen LogP contribution < -0.4 is 4.74 Å². The van der Waals surface area contributed by atoms with Crippen molar-refractivity contribution < 1.29 is 4.74 Å². The zero-order valence-electron chi connectivity index (χ0n) is 28.6. The van der Waals surface area contributed by atoms with Gasteiger partial charge in [-0.05, 0) is 90.3 Å². The van der Waals surface area contributed by atoms with Gasteiger partial charge in [-0.2, -0.15) is 0 Å². The van der Waals surface area contributed by atoms with E-state index in [1.807, 2.05) is 0 Å². The van der Waals surface area contributed by atoms with Gasteiger partial charge in [0.1, 0.15) is 11.5 Å². The summed E-state index contributed by atoms with van der Waals surface area (Å²) < 4.78 is 7.02. The van der Waals surface area contributed by atoms with Gasteiger partial charge in [0.05, 0.1) is 5.41 Å². The van der Waals surface area contributed by atoms with Crippen molar-refractivity contribution in [1.82, 2.24) is 0 Å². The Hall–Kier alpha value is -6.18. The Morgan fingerprint density at radius 1 is 0.353 bits per heavy atom. The number of para-hydroxylation sites is 1. The number of fused-ring (bicyclic) bond motifs is 14. The largest absolute Gasteiger partial charge is 0.456 e. The molecule has 1 nitrogen and oxygen atoms in total. The lowest BCUT2D eigenvalue weighted by molar-refractivity contribution is 0.442. The molecule has 0 saturated heterocycles. The Morgan fingerprint density at radius 2 is 0.863 bits per heavy atom. The normalized spacial score (nSPS) is 14.9. The van der Waals surface area contributed by atoms with Crippen LogP contribution in [0.2, 0.25) is 0 Å². The monoisotopic (exact) mass is 650 g/mol. The highest BCUT2D eigenvalue weighted by atomic mass is 16.5. The van der Waals surface area contributed by atoms with E-state index in [0.717, 1.165) is 16.9 Å². The first kappa shape index (κ1) is 28.6. The van der Waals surface area contributed by atoms with Crippen molar-refractivity contribution in [3.63, 3.8) is 0 Å². The van der Waals surface area contributed by atoms with Crippen LogP contribution in [0.5, 0.6) is 11.5 Å². The van der Waals surface area contributed by atoms with E-state index in [1.165, 1.54) is 83.3 Å². The molecule has 0 fully saturated rings. The van der Waals surface area contributed by atoms with E-state index < -0.39 is 5.41 Å². The van der Waals surface area contributed by atoms with Gasteiger partial charge in [-0.25, -0.2) is 0 Å². The summed E-state index contributed by atoms with van der Waals surface area (Å²) in [4.78, 5) is 0. The minimum Gasteiger partial charge on any atom is -0.456 e. The standard InChI is InChI=1S/C50H34O/c1-49(2)41-22-10-7-18-35(41)38-28-27-31(29-45(38)49)32-15-3-4-16-33(32)40-30-46-48(39-21-6-5-17-34(39)40)51-47-26-14-13-25-44(47)50(46)42-23-11-8-19-36(42)37-20-9-12-24-43(37)50/h3-30H,1-2H3. The molecule has 1 aliphatic heterocycles. The van der Waals surface area contributed by atoms with Crippen molar-refractivity contribution in [2.24, 2.45) is 0 Å². The van der Waals surface area contributed by atoms with Crippen LogP contribution in [-0.4, -0.2) is 0 Å². The molecule has 8 aromatic carbocycles. The second kappa shape index (κ2) is 10.2. The van der Waals surface area contributed by atoms with Crippen LogP contribution in [0.4, 0.5) is 0 Å². The van der Waals surface area contributed by atoms with Gasteiger partial charge in [0, 0.05) is 21.9 Å². The summed E-state index contributed by atoms with van der Waals surface area (Å²) in [7, 11) is 0. The number of ether oxygens (including phenoxy) is 1. The lowest BCUT2D eigenvalue weighted by Gasteiger charge is -2.40. The average Bonchev–Trinajstić information content (AvgIpc) is 3.60. The summed E-state index contributed by atoms with van der Waals surface area (Å²) in [5.74, 6) is 1.85. The fourth-order valence-corrected chi connectivity index (χ4v) is 9.74. The first-order valence-electron chi connectivity index (χ1n) is 17.9. The third kappa shape index (κ3) is 3.65. The molecule has 2 aliphatic carbocycles. The molecule has 240 valence electrons. The molecular weight excluding hydrogens is 617 g/mol. The van der Waals surface area contributed by atoms with Crippen LogP contribution in [0.1, 0.15) is 47.2 Å². The molecule has 0 radical (unpaired) electrons. The fraction of sp³-hybridized carbons (Fsp3) is 0.0800. The first-order valence-corrected chi connectivity index (χ1v) is 17.9. The van der Waals surface area contributed by atoms with Gasteiger partial charge in [0.2, 0.25) is 0 Å². The van der Waals surface area contributed by atoms with E-state index in [0.29, 0.717) is 0 Å². The maximum atomic E-state index is 7.02. The highest BCUT2D eigenvalue weighted by molar-refractivity contribution is 6.06. The van der Waals surface area contributed by atoms with Crippen LogP contribution >= 0.6 is 0 Å². The smallest absolute Gasteiger partial charge is 0.140 e.